The van der Waals surface area contributed by atoms with Crippen LogP contribution in [0.4, 0.5) is 5.69 Å². The molecule has 132 valence electrons. The van der Waals surface area contributed by atoms with Gasteiger partial charge < -0.3 is 15.5 Å². The summed E-state index contributed by atoms with van der Waals surface area (Å²) in [7, 11) is 1.94. The fourth-order valence-electron chi connectivity index (χ4n) is 2.96. The Labute approximate surface area is 144 Å². The van der Waals surface area contributed by atoms with E-state index in [-0.39, 0.29) is 11.8 Å². The summed E-state index contributed by atoms with van der Waals surface area (Å²) < 4.78 is 0. The first-order valence-electron chi connectivity index (χ1n) is 8.67. The molecule has 0 aromatic heterocycles. The molecule has 5 nitrogen and oxygen atoms in total. The Morgan fingerprint density at radius 2 is 1.96 bits per heavy atom. The van der Waals surface area contributed by atoms with Crippen molar-refractivity contribution in [2.45, 2.75) is 33.6 Å². The van der Waals surface area contributed by atoms with Crippen molar-refractivity contribution < 1.29 is 9.59 Å². The van der Waals surface area contributed by atoms with Gasteiger partial charge in [0.1, 0.15) is 0 Å². The van der Waals surface area contributed by atoms with Crippen LogP contribution in [0.3, 0.4) is 0 Å². The number of carbonyl (C=O) groups is 2. The highest BCUT2D eigenvalue weighted by Crippen LogP contribution is 2.24. The molecule has 1 saturated heterocycles. The smallest absolute Gasteiger partial charge is 0.255 e. The second-order valence-corrected chi connectivity index (χ2v) is 7.57. The standard InChI is InChI=1S/C19H29N3O2/c1-19(2,3)18(24)21-16-10-6-5-9-15(16)17(23)22-11-7-8-14(13-22)12-20-4/h5-6,9-10,14,20H,7-8,11-13H2,1-4H3,(H,21,24). The minimum absolute atomic E-state index is 0.000567. The van der Waals surface area contributed by atoms with E-state index in [2.05, 4.69) is 10.6 Å². The number of hydrogen-bond donors (Lipinski definition) is 2. The highest BCUT2D eigenvalue weighted by Gasteiger charge is 2.27. The molecule has 2 amide bonds. The van der Waals surface area contributed by atoms with Gasteiger partial charge in [-0.2, -0.15) is 0 Å². The van der Waals surface area contributed by atoms with Crippen LogP contribution in [0.25, 0.3) is 0 Å². The van der Waals surface area contributed by atoms with Crippen LogP contribution in [0, 0.1) is 11.3 Å². The maximum Gasteiger partial charge on any atom is 0.255 e. The van der Waals surface area contributed by atoms with Gasteiger partial charge in [-0.3, -0.25) is 9.59 Å². The van der Waals surface area contributed by atoms with E-state index in [1.54, 1.807) is 12.1 Å². The Morgan fingerprint density at radius 1 is 1.25 bits per heavy atom. The molecule has 0 spiro atoms. The molecule has 1 heterocycles. The predicted molar refractivity (Wildman–Crippen MR) is 97.1 cm³/mol. The fraction of sp³-hybridized carbons (Fsp3) is 0.579. The SMILES string of the molecule is CNCC1CCCN(C(=O)c2ccccc2NC(=O)C(C)(C)C)C1. The normalized spacial score (nSPS) is 18.3. The molecule has 24 heavy (non-hydrogen) atoms. The Kier molecular flexibility index (Phi) is 5.99. The van der Waals surface area contributed by atoms with Crippen molar-refractivity contribution in [1.29, 1.82) is 0 Å². The molecule has 2 N–H and O–H groups in total. The average Bonchev–Trinajstić information content (AvgIpc) is 2.54. The van der Waals surface area contributed by atoms with Crippen LogP contribution in [-0.2, 0) is 4.79 Å². The average molecular weight is 331 g/mol. The number of piperidine rings is 1. The number of amides is 2. The van der Waals surface area contributed by atoms with Gasteiger partial charge >= 0.3 is 0 Å². The second kappa shape index (κ2) is 7.79. The van der Waals surface area contributed by atoms with Crippen molar-refractivity contribution in [3.8, 4) is 0 Å². The third kappa shape index (κ3) is 4.57. The van der Waals surface area contributed by atoms with E-state index in [9.17, 15) is 9.59 Å². The van der Waals surface area contributed by atoms with Gasteiger partial charge in [0.2, 0.25) is 5.91 Å². The summed E-state index contributed by atoms with van der Waals surface area (Å²) in [6, 6.07) is 7.28. The molecule has 1 aliphatic heterocycles. The molecule has 0 aliphatic carbocycles. The molecule has 5 heteroatoms. The van der Waals surface area contributed by atoms with Crippen molar-refractivity contribution in [3.63, 3.8) is 0 Å². The number of rotatable bonds is 4. The van der Waals surface area contributed by atoms with E-state index in [1.165, 1.54) is 0 Å². The van der Waals surface area contributed by atoms with Gasteiger partial charge in [-0.25, -0.2) is 0 Å². The van der Waals surface area contributed by atoms with E-state index in [4.69, 9.17) is 0 Å². The zero-order chi connectivity index (χ0) is 17.7. The molecule has 1 atom stereocenters. The third-order valence-corrected chi connectivity index (χ3v) is 4.39. The van der Waals surface area contributed by atoms with Crippen LogP contribution in [0.5, 0.6) is 0 Å². The zero-order valence-corrected chi connectivity index (χ0v) is 15.2. The first-order chi connectivity index (χ1) is 11.3. The van der Waals surface area contributed by atoms with Crippen LogP contribution in [0.1, 0.15) is 44.0 Å². The molecule has 0 radical (unpaired) electrons. The number of para-hydroxylation sites is 1. The second-order valence-electron chi connectivity index (χ2n) is 7.57. The summed E-state index contributed by atoms with van der Waals surface area (Å²) in [5.74, 6) is 0.402. The summed E-state index contributed by atoms with van der Waals surface area (Å²) in [5.41, 5.74) is 0.664. The molecule has 2 rings (SSSR count). The number of likely N-dealkylation sites (tertiary alicyclic amines) is 1. The van der Waals surface area contributed by atoms with Crippen LogP contribution < -0.4 is 10.6 Å². The highest BCUT2D eigenvalue weighted by atomic mass is 16.2. The number of anilines is 1. The molecule has 1 fully saturated rings. The molecular formula is C19H29N3O2. The Hall–Kier alpha value is -1.88. The van der Waals surface area contributed by atoms with Gasteiger partial charge in [0.05, 0.1) is 11.3 Å². The van der Waals surface area contributed by atoms with E-state index < -0.39 is 5.41 Å². The summed E-state index contributed by atoms with van der Waals surface area (Å²) in [4.78, 5) is 27.1. The Balaban J connectivity index is 2.16. The lowest BCUT2D eigenvalue weighted by Crippen LogP contribution is -2.42. The maximum atomic E-state index is 13.0. The molecule has 0 saturated carbocycles. The third-order valence-electron chi connectivity index (χ3n) is 4.39. The van der Waals surface area contributed by atoms with E-state index in [1.807, 2.05) is 44.9 Å². The van der Waals surface area contributed by atoms with Crippen LogP contribution >= 0.6 is 0 Å². The predicted octanol–water partition coefficient (Wildman–Crippen LogP) is 2.74. The van der Waals surface area contributed by atoms with Gasteiger partial charge in [-0.05, 0) is 44.5 Å². The van der Waals surface area contributed by atoms with Crippen LogP contribution in [-0.4, -0.2) is 43.4 Å². The lowest BCUT2D eigenvalue weighted by molar-refractivity contribution is -0.123. The molecule has 1 aliphatic rings. The molecule has 1 aromatic rings. The van der Waals surface area contributed by atoms with E-state index in [0.717, 1.165) is 32.5 Å². The molecule has 1 aromatic carbocycles. The summed E-state index contributed by atoms with van der Waals surface area (Å²) in [6.45, 7) is 8.05. The lowest BCUT2D eigenvalue weighted by Gasteiger charge is -2.33. The topological polar surface area (TPSA) is 61.4 Å². The number of hydrogen-bond acceptors (Lipinski definition) is 3. The fourth-order valence-corrected chi connectivity index (χ4v) is 2.96. The number of carbonyl (C=O) groups excluding carboxylic acids is 2. The minimum Gasteiger partial charge on any atom is -0.338 e. The van der Waals surface area contributed by atoms with Gasteiger partial charge in [-0.1, -0.05) is 32.9 Å². The highest BCUT2D eigenvalue weighted by molar-refractivity contribution is 6.04. The summed E-state index contributed by atoms with van der Waals surface area (Å²) in [6.07, 6.45) is 2.17. The summed E-state index contributed by atoms with van der Waals surface area (Å²) in [5, 5.41) is 6.10. The van der Waals surface area contributed by atoms with Gasteiger partial charge in [0.25, 0.3) is 5.91 Å². The summed E-state index contributed by atoms with van der Waals surface area (Å²) >= 11 is 0. The minimum atomic E-state index is -0.501. The largest absolute Gasteiger partial charge is 0.338 e. The van der Waals surface area contributed by atoms with Crippen molar-refractivity contribution >= 4 is 17.5 Å². The maximum absolute atomic E-state index is 13.0. The van der Waals surface area contributed by atoms with Crippen molar-refractivity contribution in [2.24, 2.45) is 11.3 Å². The Morgan fingerprint density at radius 3 is 2.62 bits per heavy atom. The van der Waals surface area contributed by atoms with Gasteiger partial charge in [0, 0.05) is 18.5 Å². The number of nitrogens with one attached hydrogen (secondary N) is 2. The van der Waals surface area contributed by atoms with Crippen molar-refractivity contribution in [3.05, 3.63) is 29.8 Å². The molecular weight excluding hydrogens is 302 g/mol. The van der Waals surface area contributed by atoms with E-state index in [0.29, 0.717) is 17.2 Å². The number of nitrogens with zero attached hydrogens (tertiary/aromatic N) is 1. The Bertz CT molecular complexity index is 591. The van der Waals surface area contributed by atoms with Crippen LogP contribution in [0.2, 0.25) is 0 Å². The number of benzene rings is 1. The monoisotopic (exact) mass is 331 g/mol. The van der Waals surface area contributed by atoms with Crippen LogP contribution in [0.15, 0.2) is 24.3 Å². The first kappa shape index (κ1) is 18.5. The van der Waals surface area contributed by atoms with Gasteiger partial charge in [0.15, 0.2) is 0 Å². The molecule has 1 unspecified atom stereocenters. The van der Waals surface area contributed by atoms with Crippen molar-refractivity contribution in [2.75, 3.05) is 32.0 Å². The quantitative estimate of drug-likeness (QED) is 0.892. The molecule has 0 bridgehead atoms. The lowest BCUT2D eigenvalue weighted by atomic mass is 9.95. The van der Waals surface area contributed by atoms with Gasteiger partial charge in [-0.15, -0.1) is 0 Å². The first-order valence-corrected chi connectivity index (χ1v) is 8.67. The van der Waals surface area contributed by atoms with Crippen molar-refractivity contribution in [1.82, 2.24) is 10.2 Å². The van der Waals surface area contributed by atoms with E-state index >= 15 is 0 Å². The zero-order valence-electron chi connectivity index (χ0n) is 15.2.